The Hall–Kier alpha value is -2.80. The van der Waals surface area contributed by atoms with Crippen molar-refractivity contribution in [2.45, 2.75) is 26.9 Å². The van der Waals surface area contributed by atoms with Gasteiger partial charge in [-0.1, -0.05) is 17.7 Å². The number of halogens is 1. The van der Waals surface area contributed by atoms with Gasteiger partial charge in [0, 0.05) is 13.1 Å². The van der Waals surface area contributed by atoms with Crippen molar-refractivity contribution in [2.24, 2.45) is 0 Å². The van der Waals surface area contributed by atoms with E-state index in [0.717, 1.165) is 11.1 Å². The Balaban J connectivity index is 1.93. The topological polar surface area (TPSA) is 78.1 Å². The summed E-state index contributed by atoms with van der Waals surface area (Å²) >= 11 is 6.26. The fourth-order valence-corrected chi connectivity index (χ4v) is 2.97. The molecule has 0 radical (unpaired) electrons. The normalized spacial score (nSPS) is 10.2. The summed E-state index contributed by atoms with van der Waals surface area (Å²) in [5, 5.41) is 6.05. The molecule has 2 aromatic rings. The molecule has 2 N–H and O–H groups in total. The van der Waals surface area contributed by atoms with Gasteiger partial charge in [0.05, 0.1) is 32.5 Å². The van der Waals surface area contributed by atoms with Crippen molar-refractivity contribution in [3.05, 3.63) is 46.5 Å². The number of hydrogen-bond acceptors (Lipinski definition) is 5. The number of ether oxygens (including phenoxy) is 4. The molecule has 0 aliphatic heterocycles. The number of urea groups is 1. The molecule has 0 spiro atoms. The van der Waals surface area contributed by atoms with Gasteiger partial charge in [0.1, 0.15) is 0 Å². The number of carbonyl (C=O) groups is 1. The summed E-state index contributed by atoms with van der Waals surface area (Å²) in [5.41, 5.74) is 1.69. The standard InChI is InChI=1S/C21H27ClN2O5/c1-5-28-17-8-7-14(10-18(17)26-3)12-23-21(25)24-13-15-9-16(22)20(29-6-2)19(11-15)27-4/h7-11H,5-6,12-13H2,1-4H3,(H2,23,24,25). The minimum Gasteiger partial charge on any atom is -0.493 e. The maximum atomic E-state index is 12.2. The molecule has 0 aliphatic rings. The average molecular weight is 423 g/mol. The van der Waals surface area contributed by atoms with E-state index >= 15 is 0 Å². The molecule has 0 aliphatic carbocycles. The summed E-state index contributed by atoms with van der Waals surface area (Å²) in [6.45, 7) is 5.45. The number of nitrogens with one attached hydrogen (secondary N) is 2. The van der Waals surface area contributed by atoms with Crippen LogP contribution in [0, 0.1) is 0 Å². The number of carbonyl (C=O) groups excluding carboxylic acids is 1. The summed E-state index contributed by atoms with van der Waals surface area (Å²) in [4.78, 5) is 12.2. The Morgan fingerprint density at radius 2 is 1.48 bits per heavy atom. The third-order valence-corrected chi connectivity index (χ3v) is 4.29. The highest BCUT2D eigenvalue weighted by molar-refractivity contribution is 6.32. The van der Waals surface area contributed by atoms with Crippen molar-refractivity contribution in [3.63, 3.8) is 0 Å². The van der Waals surface area contributed by atoms with Crippen LogP contribution in [0.5, 0.6) is 23.0 Å². The van der Waals surface area contributed by atoms with E-state index in [1.165, 1.54) is 0 Å². The number of rotatable bonds is 10. The number of methoxy groups -OCH3 is 2. The van der Waals surface area contributed by atoms with Gasteiger partial charge in [0.25, 0.3) is 0 Å². The van der Waals surface area contributed by atoms with Gasteiger partial charge >= 0.3 is 6.03 Å². The molecule has 7 nitrogen and oxygen atoms in total. The van der Waals surface area contributed by atoms with Gasteiger partial charge in [-0.15, -0.1) is 0 Å². The van der Waals surface area contributed by atoms with Crippen LogP contribution < -0.4 is 29.6 Å². The molecular weight excluding hydrogens is 396 g/mol. The lowest BCUT2D eigenvalue weighted by Gasteiger charge is -2.14. The van der Waals surface area contributed by atoms with Crippen LogP contribution in [0.3, 0.4) is 0 Å². The van der Waals surface area contributed by atoms with Crippen molar-refractivity contribution in [1.82, 2.24) is 10.6 Å². The summed E-state index contributed by atoms with van der Waals surface area (Å²) in [6, 6.07) is 8.77. The van der Waals surface area contributed by atoms with Gasteiger partial charge in [-0.3, -0.25) is 0 Å². The zero-order valence-electron chi connectivity index (χ0n) is 17.1. The molecule has 0 saturated carbocycles. The molecule has 0 atom stereocenters. The summed E-state index contributed by atoms with van der Waals surface area (Å²) < 4.78 is 21.6. The Bertz CT molecular complexity index is 829. The lowest BCUT2D eigenvalue weighted by molar-refractivity contribution is 0.240. The summed E-state index contributed by atoms with van der Waals surface area (Å²) in [6.07, 6.45) is 0. The first-order valence-corrected chi connectivity index (χ1v) is 9.70. The molecule has 158 valence electrons. The van der Waals surface area contributed by atoms with Gasteiger partial charge in [0.15, 0.2) is 23.0 Å². The van der Waals surface area contributed by atoms with Crippen LogP contribution in [-0.2, 0) is 13.1 Å². The monoisotopic (exact) mass is 422 g/mol. The van der Waals surface area contributed by atoms with Crippen LogP contribution in [0.2, 0.25) is 5.02 Å². The summed E-state index contributed by atoms with van der Waals surface area (Å²) in [5.74, 6) is 2.32. The van der Waals surface area contributed by atoms with E-state index in [9.17, 15) is 4.79 Å². The van der Waals surface area contributed by atoms with Crippen molar-refractivity contribution < 1.29 is 23.7 Å². The SMILES string of the molecule is CCOc1ccc(CNC(=O)NCc2cc(Cl)c(OCC)c(OC)c2)cc1OC. The molecule has 0 heterocycles. The second-order valence-corrected chi connectivity index (χ2v) is 6.40. The lowest BCUT2D eigenvalue weighted by atomic mass is 10.2. The second kappa shape index (κ2) is 11.3. The number of amides is 2. The molecule has 0 unspecified atom stereocenters. The molecule has 29 heavy (non-hydrogen) atoms. The summed E-state index contributed by atoms with van der Waals surface area (Å²) in [7, 11) is 3.13. The zero-order chi connectivity index (χ0) is 21.2. The molecule has 2 rings (SSSR count). The van der Waals surface area contributed by atoms with E-state index in [0.29, 0.717) is 54.3 Å². The molecule has 0 fully saturated rings. The Morgan fingerprint density at radius 3 is 2.10 bits per heavy atom. The fourth-order valence-electron chi connectivity index (χ4n) is 2.68. The highest BCUT2D eigenvalue weighted by Crippen LogP contribution is 2.36. The van der Waals surface area contributed by atoms with E-state index in [1.807, 2.05) is 32.0 Å². The zero-order valence-corrected chi connectivity index (χ0v) is 17.9. The van der Waals surface area contributed by atoms with E-state index in [2.05, 4.69) is 10.6 Å². The molecule has 0 bridgehead atoms. The highest BCUT2D eigenvalue weighted by Gasteiger charge is 2.12. The average Bonchev–Trinajstić information content (AvgIpc) is 2.73. The predicted molar refractivity (Wildman–Crippen MR) is 112 cm³/mol. The predicted octanol–water partition coefficient (Wildman–Crippen LogP) is 4.15. The fraction of sp³-hybridized carbons (Fsp3) is 0.381. The molecular formula is C21H27ClN2O5. The van der Waals surface area contributed by atoms with E-state index in [-0.39, 0.29) is 6.03 Å². The van der Waals surface area contributed by atoms with Crippen LogP contribution in [0.4, 0.5) is 4.79 Å². The van der Waals surface area contributed by atoms with Crippen LogP contribution in [0.15, 0.2) is 30.3 Å². The second-order valence-electron chi connectivity index (χ2n) is 6.00. The van der Waals surface area contributed by atoms with Crippen molar-refractivity contribution in [3.8, 4) is 23.0 Å². The van der Waals surface area contributed by atoms with Crippen LogP contribution in [-0.4, -0.2) is 33.5 Å². The minimum atomic E-state index is -0.304. The first-order chi connectivity index (χ1) is 14.0. The quantitative estimate of drug-likeness (QED) is 0.601. The Kier molecular flexibility index (Phi) is 8.73. The van der Waals surface area contributed by atoms with Gasteiger partial charge in [-0.05, 0) is 49.2 Å². The third-order valence-electron chi connectivity index (χ3n) is 4.01. The van der Waals surface area contributed by atoms with Crippen LogP contribution in [0.1, 0.15) is 25.0 Å². The van der Waals surface area contributed by atoms with E-state index < -0.39 is 0 Å². The minimum absolute atomic E-state index is 0.293. The Labute approximate surface area is 176 Å². The van der Waals surface area contributed by atoms with E-state index in [1.54, 1.807) is 26.4 Å². The number of hydrogen-bond donors (Lipinski definition) is 2. The van der Waals surface area contributed by atoms with Gasteiger partial charge < -0.3 is 29.6 Å². The number of benzene rings is 2. The highest BCUT2D eigenvalue weighted by atomic mass is 35.5. The van der Waals surface area contributed by atoms with Crippen molar-refractivity contribution in [1.29, 1.82) is 0 Å². The van der Waals surface area contributed by atoms with E-state index in [4.69, 9.17) is 30.5 Å². The third kappa shape index (κ3) is 6.35. The van der Waals surface area contributed by atoms with Gasteiger partial charge in [-0.25, -0.2) is 4.79 Å². The lowest BCUT2D eigenvalue weighted by Crippen LogP contribution is -2.34. The molecule has 2 aromatic carbocycles. The van der Waals surface area contributed by atoms with Crippen LogP contribution in [0.25, 0.3) is 0 Å². The molecule has 0 saturated heterocycles. The smallest absolute Gasteiger partial charge is 0.315 e. The maximum absolute atomic E-state index is 12.2. The van der Waals surface area contributed by atoms with Gasteiger partial charge in [0.2, 0.25) is 0 Å². The first-order valence-electron chi connectivity index (χ1n) is 9.32. The molecule has 8 heteroatoms. The van der Waals surface area contributed by atoms with Crippen molar-refractivity contribution in [2.75, 3.05) is 27.4 Å². The largest absolute Gasteiger partial charge is 0.493 e. The molecule has 2 amide bonds. The Morgan fingerprint density at radius 1 is 0.862 bits per heavy atom. The maximum Gasteiger partial charge on any atom is 0.315 e. The van der Waals surface area contributed by atoms with Crippen molar-refractivity contribution >= 4 is 17.6 Å². The van der Waals surface area contributed by atoms with Gasteiger partial charge in [-0.2, -0.15) is 0 Å². The molecule has 0 aromatic heterocycles. The van der Waals surface area contributed by atoms with Crippen LogP contribution >= 0.6 is 11.6 Å². The first kappa shape index (κ1) is 22.5.